The lowest BCUT2D eigenvalue weighted by Gasteiger charge is -2.10. The Hall–Kier alpha value is -1.85. The van der Waals surface area contributed by atoms with Crippen molar-refractivity contribution in [1.29, 1.82) is 0 Å². The van der Waals surface area contributed by atoms with Crippen molar-refractivity contribution in [3.63, 3.8) is 0 Å². The Labute approximate surface area is 91.4 Å². The minimum atomic E-state index is -0.910. The van der Waals surface area contributed by atoms with Gasteiger partial charge in [0.2, 0.25) is 0 Å². The van der Waals surface area contributed by atoms with Crippen molar-refractivity contribution in [3.05, 3.63) is 23.8 Å². The lowest BCUT2D eigenvalue weighted by molar-refractivity contribution is 0.130. The fraction of sp³-hybridized carbons (Fsp3) is 0.300. The number of amides is 1. The molecule has 16 heavy (non-hydrogen) atoms. The van der Waals surface area contributed by atoms with Crippen molar-refractivity contribution in [2.24, 2.45) is 0 Å². The zero-order chi connectivity index (χ0) is 12.3. The molecule has 0 aliphatic carbocycles. The largest absolute Gasteiger partial charge is 0.447 e. The van der Waals surface area contributed by atoms with Gasteiger partial charge in [-0.1, -0.05) is 0 Å². The van der Waals surface area contributed by atoms with Gasteiger partial charge in [0.25, 0.3) is 0 Å². The Morgan fingerprint density at radius 2 is 2.00 bits per heavy atom. The Morgan fingerprint density at radius 1 is 1.38 bits per heavy atom. The average Bonchev–Trinajstić information content (AvgIpc) is 2.12. The molecule has 0 aromatic heterocycles. The summed E-state index contributed by atoms with van der Waals surface area (Å²) in [6.07, 6.45) is -1.15. The predicted molar refractivity (Wildman–Crippen MR) is 56.0 cm³/mol. The van der Waals surface area contributed by atoms with Gasteiger partial charge in [-0.05, 0) is 19.9 Å². The number of nitrogens with one attached hydrogen (secondary N) is 1. The molecule has 0 aliphatic rings. The van der Waals surface area contributed by atoms with E-state index in [9.17, 15) is 13.6 Å². The van der Waals surface area contributed by atoms with Crippen molar-refractivity contribution in [2.45, 2.75) is 20.0 Å². The fourth-order valence-corrected chi connectivity index (χ4v) is 1.02. The lowest BCUT2D eigenvalue weighted by atomic mass is 10.2. The van der Waals surface area contributed by atoms with Crippen LogP contribution in [0, 0.1) is 11.6 Å². The van der Waals surface area contributed by atoms with Gasteiger partial charge >= 0.3 is 6.09 Å². The standard InChI is InChI=1S/C10H12F2N2O2/c1-5(2)16-10(15)14-9-4-8(13)6(11)3-7(9)12/h3-5H,13H2,1-2H3,(H,14,15). The minimum Gasteiger partial charge on any atom is -0.447 e. The van der Waals surface area contributed by atoms with Crippen LogP contribution < -0.4 is 11.1 Å². The SMILES string of the molecule is CC(C)OC(=O)Nc1cc(N)c(F)cc1F. The fourth-order valence-electron chi connectivity index (χ4n) is 1.02. The smallest absolute Gasteiger partial charge is 0.411 e. The van der Waals surface area contributed by atoms with E-state index in [-0.39, 0.29) is 17.5 Å². The molecule has 0 spiro atoms. The van der Waals surface area contributed by atoms with Gasteiger partial charge in [-0.2, -0.15) is 0 Å². The number of hydrogen-bond donors (Lipinski definition) is 2. The molecule has 4 nitrogen and oxygen atoms in total. The van der Waals surface area contributed by atoms with E-state index >= 15 is 0 Å². The quantitative estimate of drug-likeness (QED) is 0.767. The molecular formula is C10H12F2N2O2. The Morgan fingerprint density at radius 3 is 2.56 bits per heavy atom. The summed E-state index contributed by atoms with van der Waals surface area (Å²) in [5.74, 6) is -1.78. The highest BCUT2D eigenvalue weighted by atomic mass is 19.1. The van der Waals surface area contributed by atoms with Crippen molar-refractivity contribution >= 4 is 17.5 Å². The molecule has 1 aromatic rings. The maximum absolute atomic E-state index is 13.2. The van der Waals surface area contributed by atoms with Crippen LogP contribution in [0.2, 0.25) is 0 Å². The van der Waals surface area contributed by atoms with Crippen LogP contribution in [-0.4, -0.2) is 12.2 Å². The molecule has 0 unspecified atom stereocenters. The molecule has 0 saturated carbocycles. The van der Waals surface area contributed by atoms with Gasteiger partial charge in [0.1, 0.15) is 11.6 Å². The summed E-state index contributed by atoms with van der Waals surface area (Å²) in [6, 6.07) is 1.59. The van der Waals surface area contributed by atoms with E-state index in [0.717, 1.165) is 6.07 Å². The summed E-state index contributed by atoms with van der Waals surface area (Å²) in [5, 5.41) is 2.13. The number of ether oxygens (including phenoxy) is 1. The van der Waals surface area contributed by atoms with Gasteiger partial charge in [-0.25, -0.2) is 13.6 Å². The second kappa shape index (κ2) is 4.78. The molecule has 6 heteroatoms. The van der Waals surface area contributed by atoms with Crippen LogP contribution in [0.5, 0.6) is 0 Å². The first-order valence-corrected chi connectivity index (χ1v) is 4.62. The summed E-state index contributed by atoms with van der Waals surface area (Å²) in [5.41, 5.74) is 4.77. The zero-order valence-corrected chi connectivity index (χ0v) is 8.88. The third-order valence-corrected chi connectivity index (χ3v) is 1.67. The van der Waals surface area contributed by atoms with Crippen molar-refractivity contribution < 1.29 is 18.3 Å². The lowest BCUT2D eigenvalue weighted by Crippen LogP contribution is -2.18. The second-order valence-corrected chi connectivity index (χ2v) is 3.43. The third kappa shape index (κ3) is 3.08. The number of carbonyl (C=O) groups excluding carboxylic acids is 1. The second-order valence-electron chi connectivity index (χ2n) is 3.43. The molecule has 3 N–H and O–H groups in total. The van der Waals surface area contributed by atoms with Crippen molar-refractivity contribution in [3.8, 4) is 0 Å². The number of hydrogen-bond acceptors (Lipinski definition) is 3. The van der Waals surface area contributed by atoms with Gasteiger partial charge in [0.15, 0.2) is 0 Å². The molecule has 0 radical (unpaired) electrons. The molecule has 1 rings (SSSR count). The van der Waals surface area contributed by atoms with E-state index in [1.807, 2.05) is 0 Å². The van der Waals surface area contributed by atoms with Crippen LogP contribution in [0.25, 0.3) is 0 Å². The van der Waals surface area contributed by atoms with Gasteiger partial charge in [0.05, 0.1) is 17.5 Å². The number of nitrogens with two attached hydrogens (primary N) is 1. The summed E-state index contributed by atoms with van der Waals surface area (Å²) < 4.78 is 30.7. The number of benzene rings is 1. The number of anilines is 2. The van der Waals surface area contributed by atoms with E-state index in [1.165, 1.54) is 0 Å². The Kier molecular flexibility index (Phi) is 3.65. The average molecular weight is 230 g/mol. The number of halogens is 2. The summed E-state index contributed by atoms with van der Waals surface area (Å²) in [6.45, 7) is 3.30. The maximum Gasteiger partial charge on any atom is 0.411 e. The third-order valence-electron chi connectivity index (χ3n) is 1.67. The molecule has 88 valence electrons. The Bertz CT molecular complexity index is 408. The summed E-state index contributed by atoms with van der Waals surface area (Å²) in [7, 11) is 0. The van der Waals surface area contributed by atoms with Crippen LogP contribution in [0.1, 0.15) is 13.8 Å². The van der Waals surface area contributed by atoms with E-state index in [0.29, 0.717) is 6.07 Å². The van der Waals surface area contributed by atoms with Gasteiger partial charge < -0.3 is 10.5 Å². The van der Waals surface area contributed by atoms with E-state index < -0.39 is 17.7 Å². The van der Waals surface area contributed by atoms with E-state index in [1.54, 1.807) is 13.8 Å². The van der Waals surface area contributed by atoms with Crippen LogP contribution in [0.15, 0.2) is 12.1 Å². The molecule has 0 heterocycles. The summed E-state index contributed by atoms with van der Waals surface area (Å²) in [4.78, 5) is 11.1. The molecule has 1 aromatic carbocycles. The van der Waals surface area contributed by atoms with Crippen LogP contribution in [0.3, 0.4) is 0 Å². The van der Waals surface area contributed by atoms with Crippen LogP contribution in [-0.2, 0) is 4.74 Å². The first-order chi connectivity index (χ1) is 7.40. The molecule has 0 atom stereocenters. The van der Waals surface area contributed by atoms with Gasteiger partial charge in [-0.15, -0.1) is 0 Å². The Balaban J connectivity index is 2.81. The zero-order valence-electron chi connectivity index (χ0n) is 8.88. The highest BCUT2D eigenvalue weighted by Gasteiger charge is 2.12. The minimum absolute atomic E-state index is 0.218. The molecule has 1 amide bonds. The number of rotatable bonds is 2. The van der Waals surface area contributed by atoms with Gasteiger partial charge in [0, 0.05) is 6.07 Å². The highest BCUT2D eigenvalue weighted by Crippen LogP contribution is 2.21. The molecule has 0 aliphatic heterocycles. The van der Waals surface area contributed by atoms with Crippen molar-refractivity contribution in [2.75, 3.05) is 11.1 Å². The first-order valence-electron chi connectivity index (χ1n) is 4.62. The topological polar surface area (TPSA) is 64.3 Å². The van der Waals surface area contributed by atoms with Crippen LogP contribution in [0.4, 0.5) is 25.0 Å². The maximum atomic E-state index is 13.2. The molecule has 0 saturated heterocycles. The highest BCUT2D eigenvalue weighted by molar-refractivity contribution is 5.85. The van der Waals surface area contributed by atoms with Crippen molar-refractivity contribution in [1.82, 2.24) is 0 Å². The first kappa shape index (κ1) is 12.2. The number of nitrogen functional groups attached to an aromatic ring is 1. The normalized spacial score (nSPS) is 10.3. The van der Waals surface area contributed by atoms with E-state index in [2.05, 4.69) is 5.32 Å². The molecule has 0 bridgehead atoms. The monoisotopic (exact) mass is 230 g/mol. The number of carbonyl (C=O) groups is 1. The van der Waals surface area contributed by atoms with E-state index in [4.69, 9.17) is 10.5 Å². The molecule has 0 fully saturated rings. The predicted octanol–water partition coefficient (Wildman–Crippen LogP) is 2.50. The van der Waals surface area contributed by atoms with Gasteiger partial charge in [-0.3, -0.25) is 5.32 Å². The summed E-state index contributed by atoms with van der Waals surface area (Å²) >= 11 is 0. The molecular weight excluding hydrogens is 218 g/mol. The van der Waals surface area contributed by atoms with Crippen LogP contribution >= 0.6 is 0 Å².